The zero-order valence-electron chi connectivity index (χ0n) is 3.87. The number of rotatable bonds is 1. The Hall–Kier alpha value is -0.240. The fourth-order valence-corrected chi connectivity index (χ4v) is 0.139. The molecule has 0 aromatic carbocycles. The fraction of sp³-hybridized carbons (Fsp3) is 0.500. The minimum Gasteiger partial charge on any atom is -0.255 e. The Kier molecular flexibility index (Phi) is 2.76. The van der Waals surface area contributed by atoms with Crippen LogP contribution in [0.5, 0.6) is 0 Å². The van der Waals surface area contributed by atoms with Gasteiger partial charge in [-0.3, -0.25) is 5.11 Å². The second-order valence-corrected chi connectivity index (χ2v) is 1.49. The van der Waals surface area contributed by atoms with Crippen LogP contribution >= 0.6 is 11.6 Å². The number of halogens is 2. The van der Waals surface area contributed by atoms with Crippen molar-refractivity contribution in [2.24, 2.45) is 0 Å². The monoisotopic (exact) mass is 123 g/mol. The quantitative estimate of drug-likeness (QED) is 0.477. The van der Waals surface area contributed by atoms with Crippen molar-refractivity contribution in [3.8, 4) is 0 Å². The van der Waals surface area contributed by atoms with E-state index in [1.165, 1.54) is 0 Å². The summed E-state index contributed by atoms with van der Waals surface area (Å²) in [5.74, 6) is 0. The number of hydrogen-bond donors (Lipinski definition) is 0. The zero-order chi connectivity index (χ0) is 5.86. The molecule has 1 radical (unpaired) electrons. The molecule has 0 saturated heterocycles. The van der Waals surface area contributed by atoms with E-state index in [2.05, 4.69) is 0 Å². The Morgan fingerprint density at radius 3 is 2.29 bits per heavy atom. The van der Waals surface area contributed by atoms with Crippen LogP contribution in [0, 0.1) is 0 Å². The Morgan fingerprint density at radius 2 is 2.29 bits per heavy atom. The smallest absolute Gasteiger partial charge is 0.255 e. The third-order valence-corrected chi connectivity index (χ3v) is 0.940. The molecule has 0 aliphatic heterocycles. The van der Waals surface area contributed by atoms with E-state index in [0.29, 0.717) is 0 Å². The average molecular weight is 124 g/mol. The third-order valence-electron chi connectivity index (χ3n) is 0.524. The lowest BCUT2D eigenvalue weighted by atomic mass is 10.5. The maximum atomic E-state index is 11.3. The second kappa shape index (κ2) is 2.86. The van der Waals surface area contributed by atoms with Gasteiger partial charge in [0.05, 0.1) is 5.03 Å². The SMILES string of the molecule is CC/C(Cl)=C(/[O])F. The van der Waals surface area contributed by atoms with Crippen LogP contribution in [0.25, 0.3) is 0 Å². The average Bonchev–Trinajstić information content (AvgIpc) is 1.65. The molecule has 7 heavy (non-hydrogen) atoms. The maximum absolute atomic E-state index is 11.3. The first kappa shape index (κ1) is 6.76. The van der Waals surface area contributed by atoms with Crippen LogP contribution in [0.2, 0.25) is 0 Å². The van der Waals surface area contributed by atoms with E-state index in [-0.39, 0.29) is 11.5 Å². The van der Waals surface area contributed by atoms with Gasteiger partial charge in [0, 0.05) is 0 Å². The van der Waals surface area contributed by atoms with Gasteiger partial charge < -0.3 is 0 Å². The summed E-state index contributed by atoms with van der Waals surface area (Å²) in [5.41, 5.74) is 0. The van der Waals surface area contributed by atoms with E-state index in [0.717, 1.165) is 0 Å². The van der Waals surface area contributed by atoms with Crippen molar-refractivity contribution in [3.63, 3.8) is 0 Å². The van der Waals surface area contributed by atoms with Gasteiger partial charge in [0.2, 0.25) is 0 Å². The van der Waals surface area contributed by atoms with E-state index in [1.54, 1.807) is 6.92 Å². The molecule has 0 aliphatic carbocycles. The van der Waals surface area contributed by atoms with E-state index in [1.807, 2.05) is 0 Å². The molecule has 0 amide bonds. The summed E-state index contributed by atoms with van der Waals surface area (Å²) in [6.45, 7) is 1.61. The third kappa shape index (κ3) is 2.45. The van der Waals surface area contributed by atoms with Crippen LogP contribution in [-0.4, -0.2) is 0 Å². The summed E-state index contributed by atoms with van der Waals surface area (Å²) in [6, 6.07) is -1.52. The molecule has 0 saturated carbocycles. The van der Waals surface area contributed by atoms with Crippen molar-refractivity contribution in [2.75, 3.05) is 0 Å². The van der Waals surface area contributed by atoms with Crippen LogP contribution in [-0.2, 0) is 5.11 Å². The van der Waals surface area contributed by atoms with Crippen LogP contribution in [0.15, 0.2) is 11.0 Å². The van der Waals surface area contributed by atoms with Gasteiger partial charge in [-0.2, -0.15) is 4.39 Å². The first-order valence-corrected chi connectivity index (χ1v) is 2.27. The lowest BCUT2D eigenvalue weighted by molar-refractivity contribution is 0.195. The van der Waals surface area contributed by atoms with Crippen molar-refractivity contribution in [2.45, 2.75) is 13.3 Å². The summed E-state index contributed by atoms with van der Waals surface area (Å²) >= 11 is 4.99. The topological polar surface area (TPSA) is 19.9 Å². The van der Waals surface area contributed by atoms with Gasteiger partial charge in [-0.15, -0.1) is 0 Å². The highest BCUT2D eigenvalue weighted by Crippen LogP contribution is 2.11. The Balaban J connectivity index is 3.72. The molecule has 0 atom stereocenters. The maximum Gasteiger partial charge on any atom is 0.339 e. The summed E-state index contributed by atoms with van der Waals surface area (Å²) in [4.78, 5) is 0. The molecule has 0 heterocycles. The summed E-state index contributed by atoms with van der Waals surface area (Å²) in [5, 5.41) is 9.30. The molecule has 0 spiro atoms. The van der Waals surface area contributed by atoms with Gasteiger partial charge in [-0.1, -0.05) is 18.5 Å². The molecule has 0 fully saturated rings. The van der Waals surface area contributed by atoms with Gasteiger partial charge in [0.15, 0.2) is 0 Å². The molecule has 1 nitrogen and oxygen atoms in total. The van der Waals surface area contributed by atoms with Crippen molar-refractivity contribution < 1.29 is 9.50 Å². The molecular weight excluding hydrogens is 118 g/mol. The molecule has 0 bridgehead atoms. The first-order valence-electron chi connectivity index (χ1n) is 1.89. The zero-order valence-corrected chi connectivity index (χ0v) is 4.63. The predicted molar refractivity (Wildman–Crippen MR) is 25.0 cm³/mol. The first-order chi connectivity index (χ1) is 3.18. The largest absolute Gasteiger partial charge is 0.339 e. The predicted octanol–water partition coefficient (Wildman–Crippen LogP) is 2.20. The molecule has 3 heteroatoms. The van der Waals surface area contributed by atoms with Gasteiger partial charge in [0.1, 0.15) is 0 Å². The van der Waals surface area contributed by atoms with Gasteiger partial charge in [-0.25, -0.2) is 0 Å². The van der Waals surface area contributed by atoms with Gasteiger partial charge in [-0.05, 0) is 6.42 Å². The van der Waals surface area contributed by atoms with E-state index in [4.69, 9.17) is 11.6 Å². The number of allylic oxidation sites excluding steroid dienone is 1. The van der Waals surface area contributed by atoms with Crippen molar-refractivity contribution in [1.82, 2.24) is 0 Å². The van der Waals surface area contributed by atoms with Crippen molar-refractivity contribution in [3.05, 3.63) is 11.0 Å². The van der Waals surface area contributed by atoms with Crippen LogP contribution in [0.1, 0.15) is 13.3 Å². The van der Waals surface area contributed by atoms with E-state index < -0.39 is 6.01 Å². The lowest BCUT2D eigenvalue weighted by Gasteiger charge is -1.82. The van der Waals surface area contributed by atoms with E-state index >= 15 is 0 Å². The highest BCUT2D eigenvalue weighted by atomic mass is 35.5. The fourth-order valence-electron chi connectivity index (χ4n) is 0.139. The van der Waals surface area contributed by atoms with E-state index in [9.17, 15) is 9.50 Å². The molecular formula is C4H5ClFO. The standard InChI is InChI=1S/C4H5ClFO/c1-2-3(5)4(6)7/h2H2,1H3/b4-3-. The van der Waals surface area contributed by atoms with Crippen LogP contribution in [0.4, 0.5) is 4.39 Å². The van der Waals surface area contributed by atoms with Crippen LogP contribution in [0.3, 0.4) is 0 Å². The highest BCUT2D eigenvalue weighted by Gasteiger charge is 1.97. The minimum absolute atomic E-state index is 0.236. The lowest BCUT2D eigenvalue weighted by Crippen LogP contribution is -1.70. The van der Waals surface area contributed by atoms with Crippen molar-refractivity contribution in [1.29, 1.82) is 0 Å². The normalized spacial score (nSPS) is 13.6. The van der Waals surface area contributed by atoms with Gasteiger partial charge in [0.25, 0.3) is 0 Å². The molecule has 0 N–H and O–H groups in total. The summed E-state index contributed by atoms with van der Waals surface area (Å²) in [7, 11) is 0. The Morgan fingerprint density at radius 1 is 1.86 bits per heavy atom. The second-order valence-electron chi connectivity index (χ2n) is 1.03. The molecule has 0 aromatic rings. The molecule has 41 valence electrons. The number of hydrogen-bond acceptors (Lipinski definition) is 0. The van der Waals surface area contributed by atoms with Gasteiger partial charge >= 0.3 is 6.01 Å². The Labute approximate surface area is 46.4 Å². The highest BCUT2D eigenvalue weighted by molar-refractivity contribution is 6.29. The minimum atomic E-state index is -1.52. The Bertz CT molecular complexity index is 85.7. The van der Waals surface area contributed by atoms with Crippen molar-refractivity contribution >= 4 is 11.6 Å². The molecule has 0 aliphatic rings. The summed E-state index contributed by atoms with van der Waals surface area (Å²) < 4.78 is 11.3. The van der Waals surface area contributed by atoms with Crippen LogP contribution < -0.4 is 0 Å². The molecule has 0 rings (SSSR count). The molecule has 0 aromatic heterocycles. The summed E-state index contributed by atoms with van der Waals surface area (Å²) in [6.07, 6.45) is 0.275. The molecule has 0 unspecified atom stereocenters.